The van der Waals surface area contributed by atoms with Gasteiger partial charge in [0.25, 0.3) is 0 Å². The van der Waals surface area contributed by atoms with E-state index in [2.05, 4.69) is 15.7 Å². The van der Waals surface area contributed by atoms with Gasteiger partial charge in [0.15, 0.2) is 0 Å². The van der Waals surface area contributed by atoms with Crippen molar-refractivity contribution in [3.63, 3.8) is 0 Å². The van der Waals surface area contributed by atoms with Gasteiger partial charge in [-0.05, 0) is 44.0 Å². The van der Waals surface area contributed by atoms with Crippen molar-refractivity contribution in [2.45, 2.75) is 19.8 Å². The topological polar surface area (TPSA) is 76.0 Å². The van der Waals surface area contributed by atoms with E-state index in [1.54, 1.807) is 42.1 Å². The average Bonchev–Trinajstić information content (AvgIpc) is 3.36. The van der Waals surface area contributed by atoms with Gasteiger partial charge in [0.1, 0.15) is 5.15 Å². The largest absolute Gasteiger partial charge is 0.326 e. The molecule has 0 bridgehead atoms. The van der Waals surface area contributed by atoms with Gasteiger partial charge in [-0.15, -0.1) is 0 Å². The lowest BCUT2D eigenvalue weighted by molar-refractivity contribution is -0.117. The van der Waals surface area contributed by atoms with Crippen molar-refractivity contribution in [1.29, 1.82) is 0 Å². The normalized spacial score (nSPS) is 13.9. The highest BCUT2D eigenvalue weighted by Crippen LogP contribution is 2.30. The summed E-state index contributed by atoms with van der Waals surface area (Å²) < 4.78 is 1.56. The van der Waals surface area contributed by atoms with Crippen LogP contribution in [0.1, 0.15) is 24.1 Å². The number of carbonyl (C=O) groups excluding carboxylic acids is 2. The van der Waals surface area contributed by atoms with Crippen LogP contribution in [0.3, 0.4) is 0 Å². The summed E-state index contributed by atoms with van der Waals surface area (Å²) in [6.45, 7) is 1.83. The van der Waals surface area contributed by atoms with Crippen molar-refractivity contribution in [2.75, 3.05) is 10.6 Å². The number of benzene rings is 1. The number of rotatable bonds is 5. The zero-order valence-electron chi connectivity index (χ0n) is 14.0. The van der Waals surface area contributed by atoms with Crippen LogP contribution in [-0.2, 0) is 16.6 Å². The van der Waals surface area contributed by atoms with E-state index in [1.807, 2.05) is 6.92 Å². The minimum absolute atomic E-state index is 0.0325. The van der Waals surface area contributed by atoms with E-state index in [9.17, 15) is 9.59 Å². The first-order chi connectivity index (χ1) is 11.9. The molecule has 0 unspecified atom stereocenters. The fourth-order valence-corrected chi connectivity index (χ4v) is 2.68. The Kier molecular flexibility index (Phi) is 4.90. The van der Waals surface area contributed by atoms with Crippen LogP contribution in [-0.4, -0.2) is 21.6 Å². The van der Waals surface area contributed by atoms with E-state index >= 15 is 0 Å². The van der Waals surface area contributed by atoms with Gasteiger partial charge in [-0.2, -0.15) is 5.10 Å². The van der Waals surface area contributed by atoms with Gasteiger partial charge in [0.2, 0.25) is 11.8 Å². The van der Waals surface area contributed by atoms with Gasteiger partial charge >= 0.3 is 0 Å². The Hall–Kier alpha value is -2.60. The molecular weight excluding hydrogens is 340 g/mol. The lowest BCUT2D eigenvalue weighted by atomic mass is 10.2. The predicted molar refractivity (Wildman–Crippen MR) is 98.4 cm³/mol. The second-order valence-electron chi connectivity index (χ2n) is 6.08. The van der Waals surface area contributed by atoms with Crippen LogP contribution >= 0.6 is 11.6 Å². The number of nitrogens with one attached hydrogen (secondary N) is 2. The molecule has 1 aromatic carbocycles. The second kappa shape index (κ2) is 7.11. The standard InChI is InChI=1S/C18H19ClN4O2/c1-11-15(17(19)23(2)22-11)8-9-16(24)20-13-4-3-5-14(10-13)21-18(25)12-6-7-12/h3-5,8-10,12H,6-7H2,1-2H3,(H,20,24)(H,21,25)/b9-8+. The van der Waals surface area contributed by atoms with Gasteiger partial charge in [0, 0.05) is 36.0 Å². The minimum atomic E-state index is -0.287. The molecule has 1 aromatic heterocycles. The fraction of sp³-hybridized carbons (Fsp3) is 0.278. The molecule has 1 aliphatic carbocycles. The second-order valence-corrected chi connectivity index (χ2v) is 6.44. The molecule has 25 heavy (non-hydrogen) atoms. The molecule has 2 aromatic rings. The number of nitrogens with zero attached hydrogens (tertiary/aromatic N) is 2. The van der Waals surface area contributed by atoms with Crippen molar-refractivity contribution < 1.29 is 9.59 Å². The van der Waals surface area contributed by atoms with Crippen molar-refractivity contribution in [3.8, 4) is 0 Å². The number of hydrogen-bond donors (Lipinski definition) is 2. The highest BCUT2D eigenvalue weighted by Gasteiger charge is 2.29. The molecule has 0 spiro atoms. The van der Waals surface area contributed by atoms with Crippen molar-refractivity contribution in [3.05, 3.63) is 46.8 Å². The zero-order valence-corrected chi connectivity index (χ0v) is 14.8. The summed E-state index contributed by atoms with van der Waals surface area (Å²) in [7, 11) is 1.74. The molecule has 1 fully saturated rings. The summed E-state index contributed by atoms with van der Waals surface area (Å²) >= 11 is 6.13. The van der Waals surface area contributed by atoms with Crippen LogP contribution in [0.25, 0.3) is 6.08 Å². The van der Waals surface area contributed by atoms with E-state index in [0.29, 0.717) is 22.1 Å². The Morgan fingerprint density at radius 2 is 1.96 bits per heavy atom. The third-order valence-corrected chi connectivity index (χ3v) is 4.39. The molecule has 0 radical (unpaired) electrons. The van der Waals surface area contributed by atoms with E-state index in [0.717, 1.165) is 18.5 Å². The first-order valence-electron chi connectivity index (χ1n) is 8.03. The van der Waals surface area contributed by atoms with Gasteiger partial charge in [-0.1, -0.05) is 17.7 Å². The Bertz CT molecular complexity index is 853. The Morgan fingerprint density at radius 1 is 1.28 bits per heavy atom. The molecule has 7 heteroatoms. The Labute approximate surface area is 150 Å². The van der Waals surface area contributed by atoms with Crippen molar-refractivity contribution >= 4 is 40.9 Å². The van der Waals surface area contributed by atoms with Crippen molar-refractivity contribution in [2.24, 2.45) is 13.0 Å². The maximum absolute atomic E-state index is 12.1. The molecule has 3 rings (SSSR count). The monoisotopic (exact) mass is 358 g/mol. The third kappa shape index (κ3) is 4.28. The van der Waals surface area contributed by atoms with Crippen LogP contribution in [0, 0.1) is 12.8 Å². The quantitative estimate of drug-likeness (QED) is 0.804. The van der Waals surface area contributed by atoms with Gasteiger partial charge in [-0.25, -0.2) is 0 Å². The lowest BCUT2D eigenvalue weighted by Gasteiger charge is -2.07. The van der Waals surface area contributed by atoms with Crippen LogP contribution in [0.4, 0.5) is 11.4 Å². The Balaban J connectivity index is 1.64. The predicted octanol–water partition coefficient (Wildman–Crippen LogP) is 3.38. The van der Waals surface area contributed by atoms with Gasteiger partial charge < -0.3 is 10.6 Å². The lowest BCUT2D eigenvalue weighted by Crippen LogP contribution is -2.14. The molecule has 1 saturated carbocycles. The molecule has 1 aliphatic rings. The number of amides is 2. The van der Waals surface area contributed by atoms with Crippen molar-refractivity contribution in [1.82, 2.24) is 9.78 Å². The molecule has 2 amide bonds. The van der Waals surface area contributed by atoms with E-state index in [1.165, 1.54) is 6.08 Å². The highest BCUT2D eigenvalue weighted by atomic mass is 35.5. The van der Waals surface area contributed by atoms with Crippen LogP contribution in [0.2, 0.25) is 5.15 Å². The number of halogens is 1. The van der Waals surface area contributed by atoms with Gasteiger partial charge in [-0.3, -0.25) is 14.3 Å². The van der Waals surface area contributed by atoms with E-state index in [4.69, 9.17) is 11.6 Å². The summed E-state index contributed by atoms with van der Waals surface area (Å²) in [5.74, 6) is -0.122. The summed E-state index contributed by atoms with van der Waals surface area (Å²) in [5.41, 5.74) is 2.74. The third-order valence-electron chi connectivity index (χ3n) is 3.94. The smallest absolute Gasteiger partial charge is 0.248 e. The van der Waals surface area contributed by atoms with Crippen LogP contribution < -0.4 is 10.6 Å². The summed E-state index contributed by atoms with van der Waals surface area (Å²) in [4.78, 5) is 23.9. The highest BCUT2D eigenvalue weighted by molar-refractivity contribution is 6.31. The number of hydrogen-bond acceptors (Lipinski definition) is 3. The molecule has 1 heterocycles. The van der Waals surface area contributed by atoms with Crippen LogP contribution in [0.15, 0.2) is 30.3 Å². The first kappa shape index (κ1) is 17.2. The maximum atomic E-state index is 12.1. The molecule has 130 valence electrons. The Morgan fingerprint density at radius 3 is 2.56 bits per heavy atom. The zero-order chi connectivity index (χ0) is 18.0. The molecular formula is C18H19ClN4O2. The minimum Gasteiger partial charge on any atom is -0.326 e. The fourth-order valence-electron chi connectivity index (χ4n) is 2.44. The maximum Gasteiger partial charge on any atom is 0.248 e. The summed E-state index contributed by atoms with van der Waals surface area (Å²) in [6, 6.07) is 7.07. The first-order valence-corrected chi connectivity index (χ1v) is 8.41. The molecule has 2 N–H and O–H groups in total. The number of anilines is 2. The molecule has 0 atom stereocenters. The molecule has 6 nitrogen and oxygen atoms in total. The summed E-state index contributed by atoms with van der Waals surface area (Å²) in [6.07, 6.45) is 4.94. The number of carbonyl (C=O) groups is 2. The molecule has 0 aliphatic heterocycles. The van der Waals surface area contributed by atoms with E-state index < -0.39 is 0 Å². The SMILES string of the molecule is Cc1nn(C)c(Cl)c1/C=C/C(=O)Nc1cccc(NC(=O)C2CC2)c1. The number of aromatic nitrogens is 2. The number of aryl methyl sites for hydroxylation is 2. The molecule has 0 saturated heterocycles. The summed E-state index contributed by atoms with van der Waals surface area (Å²) in [5, 5.41) is 10.3. The average molecular weight is 359 g/mol. The van der Waals surface area contributed by atoms with E-state index in [-0.39, 0.29) is 17.7 Å². The van der Waals surface area contributed by atoms with Crippen LogP contribution in [0.5, 0.6) is 0 Å². The van der Waals surface area contributed by atoms with Gasteiger partial charge in [0.05, 0.1) is 5.69 Å².